The predicted molar refractivity (Wildman–Crippen MR) is 260 cm³/mol. The van der Waals surface area contributed by atoms with Crippen LogP contribution in [-0.4, -0.2) is 19.6 Å². The number of aromatic nitrogens is 3. The van der Waals surface area contributed by atoms with Gasteiger partial charge in [0.05, 0.1) is 22.3 Å². The molecule has 2 aromatic heterocycles. The average Bonchev–Trinajstić information content (AvgIpc) is 3.69. The fourth-order valence-corrected chi connectivity index (χ4v) is 8.58. The van der Waals surface area contributed by atoms with Gasteiger partial charge in [-0.05, 0) is 140 Å². The largest absolute Gasteiger partial charge is 0.507 e. The number of rotatable bonds is 10. The molecule has 4 nitrogen and oxygen atoms in total. The number of hydrogen-bond donors (Lipinski definition) is 1. The zero-order chi connectivity index (χ0) is 44.0. The number of aromatic hydroxyl groups is 1. The molecule has 0 spiro atoms. The van der Waals surface area contributed by atoms with Crippen LogP contribution in [0.5, 0.6) is 5.75 Å². The van der Waals surface area contributed by atoms with Crippen molar-refractivity contribution in [2.45, 2.75) is 66.2 Å². The lowest BCUT2D eigenvalue weighted by Gasteiger charge is -2.18. The van der Waals surface area contributed by atoms with Crippen LogP contribution in [0.25, 0.3) is 83.9 Å². The molecule has 0 aliphatic carbocycles. The van der Waals surface area contributed by atoms with Crippen molar-refractivity contribution in [3.05, 3.63) is 192 Å². The third-order valence-corrected chi connectivity index (χ3v) is 12.0. The molecule has 4 heteroatoms. The minimum absolute atomic E-state index is 0.112. The lowest BCUT2D eigenvalue weighted by Crippen LogP contribution is -2.02. The quantitative estimate of drug-likeness (QED) is 0.150. The van der Waals surface area contributed by atoms with E-state index in [2.05, 4.69) is 173 Å². The second kappa shape index (κ2) is 16.8. The van der Waals surface area contributed by atoms with Gasteiger partial charge < -0.3 is 5.11 Å². The number of fused-ring (bicyclic) bond motifs is 1. The van der Waals surface area contributed by atoms with Crippen molar-refractivity contribution in [2.24, 2.45) is 0 Å². The summed E-state index contributed by atoms with van der Waals surface area (Å²) in [4.78, 5) is 10.5. The number of para-hydroxylation sites is 1. The first kappa shape index (κ1) is 39.1. The molecule has 0 saturated carbocycles. The summed E-state index contributed by atoms with van der Waals surface area (Å²) in [5.74, 6) is 0.648. The van der Waals surface area contributed by atoms with Crippen LogP contribution in [0.4, 0.5) is 0 Å². The van der Waals surface area contributed by atoms with Crippen LogP contribution >= 0.6 is 0 Å². The molecule has 62 heavy (non-hydrogen) atoms. The van der Waals surface area contributed by atoms with Gasteiger partial charge in [-0.25, -0.2) is 4.98 Å². The van der Waals surface area contributed by atoms with E-state index >= 15 is 0 Å². The van der Waals surface area contributed by atoms with E-state index < -0.39 is 5.89 Å². The van der Waals surface area contributed by atoms with Crippen LogP contribution in [0.3, 0.4) is 0 Å². The molecule has 0 radical (unpaired) electrons. The van der Waals surface area contributed by atoms with Gasteiger partial charge in [-0.2, -0.15) is 0 Å². The van der Waals surface area contributed by atoms with E-state index in [1.807, 2.05) is 50.4 Å². The zero-order valence-electron chi connectivity index (χ0n) is 37.6. The van der Waals surface area contributed by atoms with Gasteiger partial charge in [0, 0.05) is 24.4 Å². The van der Waals surface area contributed by atoms with E-state index in [4.69, 9.17) is 11.3 Å². The van der Waals surface area contributed by atoms with Crippen LogP contribution in [0.15, 0.2) is 170 Å². The third-order valence-electron chi connectivity index (χ3n) is 12.0. The zero-order valence-corrected chi connectivity index (χ0v) is 36.6. The number of hydrogen-bond acceptors (Lipinski definition) is 3. The number of imidazole rings is 1. The molecule has 0 amide bonds. The Morgan fingerprint density at radius 1 is 0.516 bits per heavy atom. The minimum atomic E-state index is -0.670. The van der Waals surface area contributed by atoms with Gasteiger partial charge in [0.1, 0.15) is 11.6 Å². The number of benzene rings is 7. The predicted octanol–water partition coefficient (Wildman–Crippen LogP) is 15.8. The van der Waals surface area contributed by atoms with Gasteiger partial charge >= 0.3 is 0 Å². The monoisotopic (exact) mass is 808 g/mol. The smallest absolute Gasteiger partial charge is 0.149 e. The Morgan fingerprint density at radius 3 is 1.82 bits per heavy atom. The molecule has 0 fully saturated rings. The highest BCUT2D eigenvalue weighted by atomic mass is 16.3. The van der Waals surface area contributed by atoms with E-state index in [9.17, 15) is 5.11 Å². The molecule has 1 N–H and O–H groups in total. The second-order valence-corrected chi connectivity index (χ2v) is 17.4. The summed E-state index contributed by atoms with van der Waals surface area (Å²) in [6.07, 6.45) is 1.88. The van der Waals surface area contributed by atoms with Crippen molar-refractivity contribution in [3.8, 4) is 78.6 Å². The highest BCUT2D eigenvalue weighted by Crippen LogP contribution is 2.43. The maximum absolute atomic E-state index is 12.2. The Balaban J connectivity index is 1.29. The molecule has 9 aromatic rings. The van der Waals surface area contributed by atoms with E-state index in [0.29, 0.717) is 11.4 Å². The van der Waals surface area contributed by atoms with Crippen molar-refractivity contribution in [3.63, 3.8) is 0 Å². The first-order valence-electron chi connectivity index (χ1n) is 22.2. The summed E-state index contributed by atoms with van der Waals surface area (Å²) in [5.41, 5.74) is 18.1. The first-order valence-corrected chi connectivity index (χ1v) is 21.7. The summed E-state index contributed by atoms with van der Waals surface area (Å²) >= 11 is 0. The van der Waals surface area contributed by atoms with E-state index in [1.165, 1.54) is 0 Å². The number of phenolic OH excluding ortho intramolecular Hbond substituents is 1. The molecule has 9 rings (SSSR count). The Labute approximate surface area is 367 Å². The van der Waals surface area contributed by atoms with E-state index in [0.717, 1.165) is 94.7 Å². The van der Waals surface area contributed by atoms with Gasteiger partial charge in [0.2, 0.25) is 0 Å². The maximum atomic E-state index is 12.2. The van der Waals surface area contributed by atoms with Crippen molar-refractivity contribution >= 4 is 11.0 Å². The van der Waals surface area contributed by atoms with Gasteiger partial charge in [0.25, 0.3) is 0 Å². The lowest BCUT2D eigenvalue weighted by atomic mass is 9.91. The van der Waals surface area contributed by atoms with Crippen molar-refractivity contribution in [1.82, 2.24) is 14.5 Å². The molecule has 2 heterocycles. The third kappa shape index (κ3) is 7.85. The van der Waals surface area contributed by atoms with Crippen molar-refractivity contribution < 1.29 is 6.48 Å². The molecule has 0 saturated heterocycles. The molecular formula is C58H53N3O. The molecule has 306 valence electrons. The number of phenols is 1. The SMILES string of the molecule is [2H]C(C)(C)c1ccc(-c2ccnc(-c3cc(-c4ccccc4)cc(-c4cccc5c4nc(-c4cc(C(C)C)cc(C(C)C)c4O)n5-c4cc(C)cc(-c5ccccc5)c4)c3)c2)cc1. The fourth-order valence-electron chi connectivity index (χ4n) is 8.58. The summed E-state index contributed by atoms with van der Waals surface area (Å²) in [7, 11) is 0. The van der Waals surface area contributed by atoms with Gasteiger partial charge in [-0.3, -0.25) is 9.55 Å². The van der Waals surface area contributed by atoms with Crippen molar-refractivity contribution in [2.75, 3.05) is 0 Å². The summed E-state index contributed by atoms with van der Waals surface area (Å²) < 4.78 is 10.7. The van der Waals surface area contributed by atoms with Crippen LogP contribution in [0.1, 0.15) is 82.9 Å². The first-order chi connectivity index (χ1) is 30.3. The van der Waals surface area contributed by atoms with Crippen molar-refractivity contribution in [1.29, 1.82) is 0 Å². The topological polar surface area (TPSA) is 50.9 Å². The molecule has 0 aliphatic heterocycles. The summed E-state index contributed by atoms with van der Waals surface area (Å²) in [6.45, 7) is 14.6. The Bertz CT molecular complexity index is 3100. The summed E-state index contributed by atoms with van der Waals surface area (Å²) in [5, 5.41) is 12.2. The average molecular weight is 809 g/mol. The molecular weight excluding hydrogens is 755 g/mol. The number of aryl methyl sites for hydroxylation is 1. The highest BCUT2D eigenvalue weighted by Gasteiger charge is 2.24. The standard InChI is InChI=1S/C58H53N3O/c1-36(2)40-21-23-43(24-22-40)44-25-26-59-54(35-44)49-30-47(42-17-12-9-13-18-42)29-48(31-49)51-19-14-20-55-56(51)60-58(53-34-45(37(3)4)33-52(38(5)6)57(53)62)61(55)50-28-39(7)27-46(32-50)41-15-10-8-11-16-41/h8-38,62H,1-7H3/i36D. The van der Waals surface area contributed by atoms with Gasteiger partial charge in [0.15, 0.2) is 0 Å². The Hall–Kier alpha value is -7.04. The van der Waals surface area contributed by atoms with Gasteiger partial charge in [-0.1, -0.05) is 151 Å². The number of pyridine rings is 1. The normalized spacial score (nSPS) is 12.0. The second-order valence-electron chi connectivity index (χ2n) is 17.4. The number of nitrogens with zero attached hydrogens (tertiary/aromatic N) is 3. The Morgan fingerprint density at radius 2 is 1.16 bits per heavy atom. The minimum Gasteiger partial charge on any atom is -0.507 e. The molecule has 0 atom stereocenters. The highest BCUT2D eigenvalue weighted by molar-refractivity contribution is 5.98. The van der Waals surface area contributed by atoms with E-state index in [-0.39, 0.29) is 17.6 Å². The maximum Gasteiger partial charge on any atom is 0.149 e. The summed E-state index contributed by atoms with van der Waals surface area (Å²) in [6, 6.07) is 57.6. The van der Waals surface area contributed by atoms with Crippen LogP contribution in [-0.2, 0) is 0 Å². The van der Waals surface area contributed by atoms with E-state index in [1.54, 1.807) is 0 Å². The van der Waals surface area contributed by atoms with Gasteiger partial charge in [-0.15, -0.1) is 0 Å². The van der Waals surface area contributed by atoms with Crippen LogP contribution in [0.2, 0.25) is 0 Å². The van der Waals surface area contributed by atoms with Crippen LogP contribution in [0, 0.1) is 6.92 Å². The Kier molecular flexibility index (Phi) is 10.6. The molecule has 0 bridgehead atoms. The molecule has 0 aliphatic rings. The molecule has 7 aromatic carbocycles. The van der Waals surface area contributed by atoms with Crippen LogP contribution < -0.4 is 0 Å². The molecule has 0 unspecified atom stereocenters. The fraction of sp³-hybridized carbons (Fsp3) is 0.172. The lowest BCUT2D eigenvalue weighted by molar-refractivity contribution is 0.466.